The van der Waals surface area contributed by atoms with Crippen molar-refractivity contribution in [2.24, 2.45) is 0 Å². The third-order valence-electron chi connectivity index (χ3n) is 3.92. The fourth-order valence-electron chi connectivity index (χ4n) is 2.61. The average Bonchev–Trinajstić information content (AvgIpc) is 3.14. The summed E-state index contributed by atoms with van der Waals surface area (Å²) in [6, 6.07) is 15.9. The van der Waals surface area contributed by atoms with Crippen molar-refractivity contribution in [2.45, 2.75) is 6.42 Å². The van der Waals surface area contributed by atoms with Crippen LogP contribution in [0.3, 0.4) is 0 Å². The number of ether oxygens (including phenoxy) is 1. The summed E-state index contributed by atoms with van der Waals surface area (Å²) in [5.41, 5.74) is 8.34. The number of benzene rings is 1. The van der Waals surface area contributed by atoms with Crippen LogP contribution in [0, 0.1) is 5.95 Å². The van der Waals surface area contributed by atoms with E-state index >= 15 is 0 Å². The molecule has 1 aromatic carbocycles. The molecule has 3 aromatic heterocycles. The molecule has 0 aliphatic heterocycles. The largest absolute Gasteiger partial charge is 0.453 e. The zero-order chi connectivity index (χ0) is 18.6. The monoisotopic (exact) mass is 362 g/mol. The number of nitrogens with zero attached hydrogens (tertiary/aromatic N) is 3. The molecule has 4 rings (SSSR count). The number of rotatable bonds is 5. The molecule has 6 nitrogen and oxygen atoms in total. The van der Waals surface area contributed by atoms with E-state index in [0.29, 0.717) is 29.3 Å². The van der Waals surface area contributed by atoms with Gasteiger partial charge in [0.05, 0.1) is 11.3 Å². The predicted octanol–water partition coefficient (Wildman–Crippen LogP) is 4.24. The van der Waals surface area contributed by atoms with Gasteiger partial charge < -0.3 is 15.0 Å². The second-order valence-electron chi connectivity index (χ2n) is 5.83. The topological polar surface area (TPSA) is 87.1 Å². The number of aromatic nitrogens is 3. The van der Waals surface area contributed by atoms with Gasteiger partial charge in [0.2, 0.25) is 0 Å². The summed E-state index contributed by atoms with van der Waals surface area (Å²) in [5, 5.41) is 4.08. The first-order chi connectivity index (χ1) is 13.2. The third kappa shape index (κ3) is 3.77. The Morgan fingerprint density at radius 2 is 1.78 bits per heavy atom. The molecule has 0 amide bonds. The van der Waals surface area contributed by atoms with Gasteiger partial charge in [-0.3, -0.25) is 0 Å². The quantitative estimate of drug-likeness (QED) is 0.535. The van der Waals surface area contributed by atoms with Crippen molar-refractivity contribution in [2.75, 3.05) is 5.73 Å². The van der Waals surface area contributed by atoms with E-state index in [4.69, 9.17) is 15.0 Å². The summed E-state index contributed by atoms with van der Waals surface area (Å²) >= 11 is 0. The number of pyridine rings is 2. The Kier molecular flexibility index (Phi) is 4.49. The standard InChI is InChI=1S/C20H15FN4O2/c21-19-17(4-2-9-23-19)26-15-7-5-13(6-8-15)11-14-12-18(27-25-14)16-3-1-10-24-20(16)22/h1-10,12H,11H2,(H2,22,24). The zero-order valence-electron chi connectivity index (χ0n) is 14.2. The van der Waals surface area contributed by atoms with Crippen LogP contribution < -0.4 is 10.5 Å². The molecular weight excluding hydrogens is 347 g/mol. The maximum absolute atomic E-state index is 13.5. The molecule has 0 aliphatic rings. The van der Waals surface area contributed by atoms with Gasteiger partial charge in [0, 0.05) is 24.9 Å². The maximum atomic E-state index is 13.5. The molecule has 0 aliphatic carbocycles. The molecular formula is C20H15FN4O2. The molecule has 4 aromatic rings. The zero-order valence-corrected chi connectivity index (χ0v) is 14.2. The molecule has 3 heterocycles. The number of halogens is 1. The molecule has 27 heavy (non-hydrogen) atoms. The molecule has 0 saturated carbocycles. The van der Waals surface area contributed by atoms with Crippen LogP contribution in [0.4, 0.5) is 10.2 Å². The van der Waals surface area contributed by atoms with Crippen molar-refractivity contribution in [3.63, 3.8) is 0 Å². The summed E-state index contributed by atoms with van der Waals surface area (Å²) in [5.74, 6) is 0.924. The molecule has 7 heteroatoms. The minimum Gasteiger partial charge on any atom is -0.453 e. The van der Waals surface area contributed by atoms with Crippen LogP contribution in [0.1, 0.15) is 11.3 Å². The van der Waals surface area contributed by atoms with E-state index in [1.165, 1.54) is 12.3 Å². The van der Waals surface area contributed by atoms with E-state index in [1.54, 1.807) is 30.5 Å². The predicted molar refractivity (Wildman–Crippen MR) is 97.7 cm³/mol. The van der Waals surface area contributed by atoms with E-state index in [2.05, 4.69) is 15.1 Å². The molecule has 0 atom stereocenters. The van der Waals surface area contributed by atoms with Crippen LogP contribution >= 0.6 is 0 Å². The van der Waals surface area contributed by atoms with Gasteiger partial charge in [-0.2, -0.15) is 4.39 Å². The lowest BCUT2D eigenvalue weighted by Gasteiger charge is -2.06. The highest BCUT2D eigenvalue weighted by Gasteiger charge is 2.11. The highest BCUT2D eigenvalue weighted by Crippen LogP contribution is 2.26. The van der Waals surface area contributed by atoms with Crippen LogP contribution in [-0.2, 0) is 6.42 Å². The molecule has 134 valence electrons. The summed E-state index contributed by atoms with van der Waals surface area (Å²) in [4.78, 5) is 7.60. The second-order valence-corrected chi connectivity index (χ2v) is 5.83. The smallest absolute Gasteiger partial charge is 0.255 e. The van der Waals surface area contributed by atoms with E-state index in [-0.39, 0.29) is 5.75 Å². The van der Waals surface area contributed by atoms with E-state index in [1.807, 2.05) is 24.3 Å². The number of nitrogens with two attached hydrogens (primary N) is 1. The second kappa shape index (κ2) is 7.25. The van der Waals surface area contributed by atoms with E-state index in [0.717, 1.165) is 11.3 Å². The van der Waals surface area contributed by atoms with Gasteiger partial charge in [-0.05, 0) is 42.0 Å². The Labute approximate surface area is 154 Å². The lowest BCUT2D eigenvalue weighted by atomic mass is 10.1. The van der Waals surface area contributed by atoms with Crippen LogP contribution in [-0.4, -0.2) is 15.1 Å². The first-order valence-electron chi connectivity index (χ1n) is 8.23. The Hall–Kier alpha value is -3.74. The van der Waals surface area contributed by atoms with Gasteiger partial charge in [-0.25, -0.2) is 9.97 Å². The Bertz CT molecular complexity index is 1060. The van der Waals surface area contributed by atoms with Crippen molar-refractivity contribution < 1.29 is 13.7 Å². The lowest BCUT2D eigenvalue weighted by molar-refractivity contribution is 0.425. The number of hydrogen-bond donors (Lipinski definition) is 1. The first kappa shape index (κ1) is 16.7. The van der Waals surface area contributed by atoms with Gasteiger partial charge in [-0.1, -0.05) is 17.3 Å². The van der Waals surface area contributed by atoms with Crippen LogP contribution in [0.2, 0.25) is 0 Å². The molecule has 0 saturated heterocycles. The Morgan fingerprint density at radius 1 is 1.00 bits per heavy atom. The minimum atomic E-state index is -0.647. The summed E-state index contributed by atoms with van der Waals surface area (Å²) < 4.78 is 24.4. The van der Waals surface area contributed by atoms with Crippen molar-refractivity contribution in [1.82, 2.24) is 15.1 Å². The molecule has 0 fully saturated rings. The maximum Gasteiger partial charge on any atom is 0.255 e. The summed E-state index contributed by atoms with van der Waals surface area (Å²) in [6.07, 6.45) is 3.57. The number of hydrogen-bond acceptors (Lipinski definition) is 6. The molecule has 2 N–H and O–H groups in total. The van der Waals surface area contributed by atoms with Crippen molar-refractivity contribution >= 4 is 5.82 Å². The fourth-order valence-corrected chi connectivity index (χ4v) is 2.61. The lowest BCUT2D eigenvalue weighted by Crippen LogP contribution is -1.92. The van der Waals surface area contributed by atoms with Crippen molar-refractivity contribution in [3.05, 3.63) is 84.2 Å². The molecule has 0 spiro atoms. The fraction of sp³-hybridized carbons (Fsp3) is 0.0500. The average molecular weight is 362 g/mol. The Morgan fingerprint density at radius 3 is 2.56 bits per heavy atom. The number of anilines is 1. The normalized spacial score (nSPS) is 10.7. The van der Waals surface area contributed by atoms with E-state index in [9.17, 15) is 4.39 Å². The van der Waals surface area contributed by atoms with E-state index < -0.39 is 5.95 Å². The van der Waals surface area contributed by atoms with Gasteiger partial charge in [0.25, 0.3) is 5.95 Å². The SMILES string of the molecule is Nc1ncccc1-c1cc(Cc2ccc(Oc3cccnc3F)cc2)no1. The minimum absolute atomic E-state index is 0.0838. The van der Waals surface area contributed by atoms with Crippen LogP contribution in [0.15, 0.2) is 71.5 Å². The number of nitrogen functional groups attached to an aromatic ring is 1. The van der Waals surface area contributed by atoms with Crippen LogP contribution in [0.25, 0.3) is 11.3 Å². The van der Waals surface area contributed by atoms with Crippen LogP contribution in [0.5, 0.6) is 11.5 Å². The van der Waals surface area contributed by atoms with Gasteiger partial charge in [-0.15, -0.1) is 0 Å². The molecule has 0 bridgehead atoms. The molecule has 0 unspecified atom stereocenters. The van der Waals surface area contributed by atoms with Gasteiger partial charge in [0.15, 0.2) is 11.5 Å². The summed E-state index contributed by atoms with van der Waals surface area (Å²) in [7, 11) is 0. The Balaban J connectivity index is 1.46. The van der Waals surface area contributed by atoms with Crippen molar-refractivity contribution in [1.29, 1.82) is 0 Å². The third-order valence-corrected chi connectivity index (χ3v) is 3.92. The first-order valence-corrected chi connectivity index (χ1v) is 8.23. The van der Waals surface area contributed by atoms with Gasteiger partial charge >= 0.3 is 0 Å². The molecule has 0 radical (unpaired) electrons. The highest BCUT2D eigenvalue weighted by molar-refractivity contribution is 5.69. The highest BCUT2D eigenvalue weighted by atomic mass is 19.1. The summed E-state index contributed by atoms with van der Waals surface area (Å²) in [6.45, 7) is 0. The van der Waals surface area contributed by atoms with Crippen molar-refractivity contribution in [3.8, 4) is 22.8 Å². The van der Waals surface area contributed by atoms with Gasteiger partial charge in [0.1, 0.15) is 11.6 Å².